The van der Waals surface area contributed by atoms with Gasteiger partial charge in [-0.15, -0.1) is 0 Å². The number of anilines is 1. The number of amides is 1. The van der Waals surface area contributed by atoms with E-state index in [0.717, 1.165) is 7.11 Å². The van der Waals surface area contributed by atoms with Gasteiger partial charge in [-0.3, -0.25) is 9.59 Å². The van der Waals surface area contributed by atoms with E-state index >= 15 is 0 Å². The maximum absolute atomic E-state index is 14.9. The molecule has 0 bridgehead atoms. The molecule has 5 rings (SSSR count). The molecule has 1 aliphatic rings. The van der Waals surface area contributed by atoms with Crippen molar-refractivity contribution >= 4 is 23.2 Å². The van der Waals surface area contributed by atoms with Gasteiger partial charge in [0.05, 0.1) is 18.2 Å². The first-order valence-corrected chi connectivity index (χ1v) is 15.0. The molecule has 0 spiro atoms. The second-order valence-electron chi connectivity index (χ2n) is 11.5. The molecule has 0 radical (unpaired) electrons. The molecule has 1 aromatic carbocycles. The minimum absolute atomic E-state index is 0.0284. The summed E-state index contributed by atoms with van der Waals surface area (Å²) in [4.78, 5) is 43.3. The van der Waals surface area contributed by atoms with E-state index in [2.05, 4.69) is 10.3 Å². The highest BCUT2D eigenvalue weighted by Gasteiger charge is 2.42. The molecule has 9 nitrogen and oxygen atoms in total. The van der Waals surface area contributed by atoms with Gasteiger partial charge in [0.1, 0.15) is 34.9 Å². The Morgan fingerprint density at radius 3 is 2.33 bits per heavy atom. The van der Waals surface area contributed by atoms with E-state index in [1.807, 2.05) is 5.32 Å². The quantitative estimate of drug-likeness (QED) is 0.170. The average molecular weight is 700 g/mol. The van der Waals surface area contributed by atoms with Crippen molar-refractivity contribution in [1.82, 2.24) is 19.3 Å². The first-order valence-electron chi connectivity index (χ1n) is 15.0. The molecule has 0 unspecified atom stereocenters. The number of halogens is 8. The Hall–Kier alpha value is -4.96. The van der Waals surface area contributed by atoms with Gasteiger partial charge in [0, 0.05) is 48.5 Å². The van der Waals surface area contributed by atoms with Crippen molar-refractivity contribution in [3.8, 4) is 11.1 Å². The Morgan fingerprint density at radius 1 is 1.06 bits per heavy atom. The minimum atomic E-state index is -4.87. The van der Waals surface area contributed by atoms with Crippen molar-refractivity contribution in [2.75, 3.05) is 12.4 Å². The maximum Gasteiger partial charge on any atom is 0.417 e. The van der Waals surface area contributed by atoms with Crippen molar-refractivity contribution in [2.24, 2.45) is 7.05 Å². The summed E-state index contributed by atoms with van der Waals surface area (Å²) in [6.45, 7) is 1.21. The van der Waals surface area contributed by atoms with E-state index in [9.17, 15) is 49.5 Å². The number of carbonyl (C=O) groups is 2. The molecule has 4 aromatic rings. The fraction of sp³-hybridized carbons (Fsp3) is 0.375. The number of rotatable bonds is 9. The molecule has 3 aromatic heterocycles. The summed E-state index contributed by atoms with van der Waals surface area (Å²) in [7, 11) is 2.38. The van der Waals surface area contributed by atoms with Gasteiger partial charge in [-0.2, -0.15) is 26.3 Å². The van der Waals surface area contributed by atoms with Crippen LogP contribution in [0.1, 0.15) is 52.6 Å². The van der Waals surface area contributed by atoms with E-state index in [-0.39, 0.29) is 28.9 Å². The number of esters is 1. The lowest BCUT2D eigenvalue weighted by atomic mass is 9.95. The van der Waals surface area contributed by atoms with E-state index in [1.165, 1.54) is 47.5 Å². The van der Waals surface area contributed by atoms with Crippen LogP contribution in [0.2, 0.25) is 0 Å². The highest BCUT2D eigenvalue weighted by Crippen LogP contribution is 2.42. The lowest BCUT2D eigenvalue weighted by Crippen LogP contribution is -2.44. The largest absolute Gasteiger partial charge is 0.467 e. The third kappa shape index (κ3) is 6.70. The minimum Gasteiger partial charge on any atom is -0.467 e. The molecule has 17 heteroatoms. The lowest BCUT2D eigenvalue weighted by molar-refractivity contribution is -0.143. The molecule has 0 fully saturated rings. The SMILES string of the molecule is CC[C@@H](Nc1cc(F)c(C(=O)N[C@@H](Cc2ccc(-c3c(C(F)(F)F)c4c(n(C)c3=O)CCC4)c3nccn23)C(=O)OC)c(F)c1)C(F)(F)F. The molecule has 2 atom stereocenters. The van der Waals surface area contributed by atoms with Crippen molar-refractivity contribution in [2.45, 2.75) is 63.5 Å². The van der Waals surface area contributed by atoms with Gasteiger partial charge in [0.15, 0.2) is 0 Å². The molecular weight excluding hydrogens is 670 g/mol. The van der Waals surface area contributed by atoms with Crippen molar-refractivity contribution in [1.29, 1.82) is 0 Å². The number of nitrogens with zero attached hydrogens (tertiary/aromatic N) is 3. The van der Waals surface area contributed by atoms with Gasteiger partial charge in [0.25, 0.3) is 11.5 Å². The molecule has 262 valence electrons. The van der Waals surface area contributed by atoms with Crippen LogP contribution in [0.5, 0.6) is 0 Å². The fourth-order valence-electron chi connectivity index (χ4n) is 6.17. The Bertz CT molecular complexity index is 1980. The van der Waals surface area contributed by atoms with Crippen LogP contribution < -0.4 is 16.2 Å². The molecule has 1 amide bonds. The monoisotopic (exact) mass is 699 g/mol. The number of fused-ring (bicyclic) bond motifs is 2. The summed E-state index contributed by atoms with van der Waals surface area (Å²) in [5, 5.41) is 4.13. The second kappa shape index (κ2) is 13.2. The molecule has 0 saturated carbocycles. The zero-order chi connectivity index (χ0) is 36.0. The summed E-state index contributed by atoms with van der Waals surface area (Å²) >= 11 is 0. The predicted octanol–water partition coefficient (Wildman–Crippen LogP) is 5.75. The smallest absolute Gasteiger partial charge is 0.417 e. The molecule has 2 N–H and O–H groups in total. The van der Waals surface area contributed by atoms with E-state index in [0.29, 0.717) is 30.7 Å². The standard InChI is InChI=1S/C32H29F8N5O4/c1-4-23(31(35,36)37)42-15-12-19(33)25(20(34)13-15)28(46)43-21(30(48)49-3)14-16-8-9-18(27-41-10-11-45(16)27)24-26(32(38,39)40)17-6-5-7-22(17)44(2)29(24)47/h8-13,21,23,42H,4-7,14H2,1-3H3,(H,43,46)/t21-,23+/m0/s1. The van der Waals surface area contributed by atoms with E-state index < -0.39 is 88.7 Å². The molecule has 1 aliphatic carbocycles. The molecule has 0 aliphatic heterocycles. The van der Waals surface area contributed by atoms with Gasteiger partial charge in [-0.1, -0.05) is 6.92 Å². The third-order valence-corrected chi connectivity index (χ3v) is 8.47. The molecule has 49 heavy (non-hydrogen) atoms. The lowest BCUT2D eigenvalue weighted by Gasteiger charge is -2.22. The van der Waals surface area contributed by atoms with Crippen molar-refractivity contribution in [3.63, 3.8) is 0 Å². The van der Waals surface area contributed by atoms with Gasteiger partial charge in [-0.05, 0) is 55.5 Å². The molecule has 3 heterocycles. The number of hydrogen-bond donors (Lipinski definition) is 2. The average Bonchev–Trinajstić information content (AvgIpc) is 3.70. The van der Waals surface area contributed by atoms with Gasteiger partial charge in [0.2, 0.25) is 0 Å². The third-order valence-electron chi connectivity index (χ3n) is 8.47. The number of carbonyl (C=O) groups excluding carboxylic acids is 2. The van der Waals surface area contributed by atoms with Crippen LogP contribution >= 0.6 is 0 Å². The van der Waals surface area contributed by atoms with E-state index in [1.54, 1.807) is 0 Å². The number of alkyl halides is 6. The van der Waals surface area contributed by atoms with Crippen LogP contribution in [0.25, 0.3) is 16.8 Å². The van der Waals surface area contributed by atoms with Gasteiger partial charge in [-0.25, -0.2) is 18.6 Å². The summed E-state index contributed by atoms with van der Waals surface area (Å²) in [6, 6.07) is -0.176. The summed E-state index contributed by atoms with van der Waals surface area (Å²) in [6.07, 6.45) is -6.97. The zero-order valence-electron chi connectivity index (χ0n) is 26.2. The summed E-state index contributed by atoms with van der Waals surface area (Å²) in [5.41, 5.74) is -3.98. The van der Waals surface area contributed by atoms with Crippen LogP contribution in [0.15, 0.2) is 41.5 Å². The van der Waals surface area contributed by atoms with Crippen molar-refractivity contribution in [3.05, 3.63) is 86.7 Å². The summed E-state index contributed by atoms with van der Waals surface area (Å²) in [5.74, 6) is -5.53. The highest BCUT2D eigenvalue weighted by atomic mass is 19.4. The number of aromatic nitrogens is 3. The Kier molecular flexibility index (Phi) is 9.49. The van der Waals surface area contributed by atoms with Crippen LogP contribution in [-0.4, -0.2) is 51.2 Å². The second-order valence-corrected chi connectivity index (χ2v) is 11.5. The molecular formula is C32H29F8N5O4. The normalized spacial score (nSPS) is 14.4. The summed E-state index contributed by atoms with van der Waals surface area (Å²) < 4.78 is 120. The number of benzene rings is 1. The Labute approximate surface area is 272 Å². The fourth-order valence-corrected chi connectivity index (χ4v) is 6.17. The van der Waals surface area contributed by atoms with Crippen molar-refractivity contribution < 1.29 is 49.4 Å². The van der Waals surface area contributed by atoms with Crippen LogP contribution in [0.3, 0.4) is 0 Å². The number of imidazole rings is 1. The van der Waals surface area contributed by atoms with Crippen LogP contribution in [0, 0.1) is 11.6 Å². The maximum atomic E-state index is 14.9. The van der Waals surface area contributed by atoms with Gasteiger partial charge >= 0.3 is 18.3 Å². The zero-order valence-corrected chi connectivity index (χ0v) is 26.2. The first kappa shape index (κ1) is 35.3. The number of ether oxygens (including phenoxy) is 1. The highest BCUT2D eigenvalue weighted by molar-refractivity contribution is 5.97. The number of nitrogens with one attached hydrogen (secondary N) is 2. The topological polar surface area (TPSA) is 107 Å². The first-order chi connectivity index (χ1) is 23.0. The van der Waals surface area contributed by atoms with Crippen LogP contribution in [-0.2, 0) is 42.0 Å². The number of hydrogen-bond acceptors (Lipinski definition) is 6. The number of methoxy groups -OCH3 is 1. The number of pyridine rings is 2. The Morgan fingerprint density at radius 2 is 1.73 bits per heavy atom. The molecule has 0 saturated heterocycles. The van der Waals surface area contributed by atoms with E-state index in [4.69, 9.17) is 4.74 Å². The predicted molar refractivity (Wildman–Crippen MR) is 160 cm³/mol. The van der Waals surface area contributed by atoms with Gasteiger partial charge < -0.3 is 24.3 Å². The Balaban J connectivity index is 1.49. The van der Waals surface area contributed by atoms with Crippen LogP contribution in [0.4, 0.5) is 40.8 Å².